The van der Waals surface area contributed by atoms with Gasteiger partial charge in [0.1, 0.15) is 5.75 Å². The Morgan fingerprint density at radius 3 is 2.13 bits per heavy atom. The van der Waals surface area contributed by atoms with E-state index in [2.05, 4.69) is 10.3 Å². The second-order valence-corrected chi connectivity index (χ2v) is 8.02. The van der Waals surface area contributed by atoms with Gasteiger partial charge in [-0.25, -0.2) is 0 Å². The number of H-pyrrole nitrogens is 1. The molecule has 3 rings (SSSR count). The van der Waals surface area contributed by atoms with Gasteiger partial charge < -0.3 is 10.1 Å². The lowest BCUT2D eigenvalue weighted by atomic mass is 10.1. The van der Waals surface area contributed by atoms with Gasteiger partial charge in [0.2, 0.25) is 0 Å². The van der Waals surface area contributed by atoms with E-state index in [1.54, 1.807) is 12.1 Å². The van der Waals surface area contributed by atoms with E-state index in [-0.39, 0.29) is 22.2 Å². The lowest BCUT2D eigenvalue weighted by molar-refractivity contribution is -0.137. The Labute approximate surface area is 176 Å². The van der Waals surface area contributed by atoms with Crippen LogP contribution in [0.1, 0.15) is 27.0 Å². The van der Waals surface area contributed by atoms with Crippen molar-refractivity contribution in [3.63, 3.8) is 0 Å². The van der Waals surface area contributed by atoms with E-state index in [9.17, 15) is 27.6 Å². The summed E-state index contributed by atoms with van der Waals surface area (Å²) in [6.07, 6.45) is -4.36. The summed E-state index contributed by atoms with van der Waals surface area (Å²) in [5, 5.41) is 2.68. The molecule has 1 aromatic heterocycles. The second kappa shape index (κ2) is 10.2. The monoisotopic (exact) mass is 458 g/mol. The number of ether oxygens (including phenoxy) is 1. The SMILES string of the molecule is COc1ccc(C)cc1C(=O)NCc1ccc(C(F)(F)F)cc1.O=c1[nH]c(=O)ss1. The molecule has 2 aromatic carbocycles. The average molecular weight is 458 g/mol. The number of aromatic amines is 1. The number of carbonyl (C=O) groups is 1. The molecule has 0 aliphatic carbocycles. The first kappa shape index (κ1) is 23.4. The molecule has 30 heavy (non-hydrogen) atoms. The lowest BCUT2D eigenvalue weighted by Crippen LogP contribution is -2.23. The van der Waals surface area contributed by atoms with Gasteiger partial charge in [0.15, 0.2) is 0 Å². The van der Waals surface area contributed by atoms with Crippen molar-refractivity contribution in [1.29, 1.82) is 0 Å². The summed E-state index contributed by atoms with van der Waals surface area (Å²) in [7, 11) is 3.31. The van der Waals surface area contributed by atoms with Gasteiger partial charge >= 0.3 is 15.9 Å². The molecule has 0 atom stereocenters. The number of benzene rings is 2. The molecular formula is C19H17F3N2O4S2. The highest BCUT2D eigenvalue weighted by molar-refractivity contribution is 7.67. The van der Waals surface area contributed by atoms with Crippen LogP contribution in [0.15, 0.2) is 52.1 Å². The standard InChI is InChI=1S/C17H16F3NO2.C2HNO2S2/c1-11-3-8-15(23-2)14(9-11)16(22)21-10-12-4-6-13(7-5-12)17(18,19)20;4-1-3-2(5)7-6-1/h3-9H,10H2,1-2H3,(H,21,22);(H,3,4,5). The van der Waals surface area contributed by atoms with Crippen molar-refractivity contribution in [2.45, 2.75) is 19.6 Å². The number of hydrogen-bond acceptors (Lipinski definition) is 6. The van der Waals surface area contributed by atoms with Crippen molar-refractivity contribution in [2.75, 3.05) is 7.11 Å². The van der Waals surface area contributed by atoms with E-state index in [1.165, 1.54) is 19.2 Å². The van der Waals surface area contributed by atoms with Crippen LogP contribution in [0.5, 0.6) is 5.75 Å². The Hall–Kier alpha value is -2.92. The van der Waals surface area contributed by atoms with Crippen LogP contribution in [0, 0.1) is 6.92 Å². The van der Waals surface area contributed by atoms with Crippen molar-refractivity contribution < 1.29 is 22.7 Å². The normalized spacial score (nSPS) is 10.7. The number of halogens is 3. The fourth-order valence-electron chi connectivity index (χ4n) is 2.29. The summed E-state index contributed by atoms with van der Waals surface area (Å²) in [6.45, 7) is 1.99. The van der Waals surface area contributed by atoms with Crippen LogP contribution in [0.3, 0.4) is 0 Å². The molecule has 0 aliphatic heterocycles. The average Bonchev–Trinajstić information content (AvgIpc) is 3.08. The minimum atomic E-state index is -4.36. The third-order valence-electron chi connectivity index (χ3n) is 3.73. The molecule has 0 fully saturated rings. The Kier molecular flexibility index (Phi) is 7.95. The van der Waals surface area contributed by atoms with Crippen LogP contribution in [0.4, 0.5) is 13.2 Å². The second-order valence-electron chi connectivity index (χ2n) is 5.95. The maximum atomic E-state index is 12.5. The number of aryl methyl sites for hydroxylation is 1. The summed E-state index contributed by atoms with van der Waals surface area (Å²) in [5.74, 6) is 0.103. The largest absolute Gasteiger partial charge is 0.496 e. The quantitative estimate of drug-likeness (QED) is 0.582. The molecule has 0 radical (unpaired) electrons. The summed E-state index contributed by atoms with van der Waals surface area (Å²) in [4.78, 5) is 33.9. The molecular weight excluding hydrogens is 441 g/mol. The number of amides is 1. The van der Waals surface area contributed by atoms with Gasteiger partial charge in [0.05, 0.1) is 18.2 Å². The maximum absolute atomic E-state index is 12.5. The zero-order chi connectivity index (χ0) is 22.3. The van der Waals surface area contributed by atoms with E-state index in [0.29, 0.717) is 16.9 Å². The minimum Gasteiger partial charge on any atom is -0.496 e. The number of carbonyl (C=O) groups excluding carboxylic acids is 1. The Bertz CT molecular complexity index is 1080. The Morgan fingerprint density at radius 2 is 1.67 bits per heavy atom. The molecule has 0 saturated heterocycles. The van der Waals surface area contributed by atoms with Gasteiger partial charge in [-0.2, -0.15) is 13.2 Å². The first-order valence-electron chi connectivity index (χ1n) is 8.38. The van der Waals surface area contributed by atoms with Crippen molar-refractivity contribution in [2.24, 2.45) is 0 Å². The van der Waals surface area contributed by atoms with Crippen molar-refractivity contribution in [1.82, 2.24) is 10.3 Å². The summed E-state index contributed by atoms with van der Waals surface area (Å²) in [6, 6.07) is 9.89. The molecule has 0 bridgehead atoms. The van der Waals surface area contributed by atoms with Crippen molar-refractivity contribution >= 4 is 26.6 Å². The first-order valence-corrected chi connectivity index (χ1v) is 10.5. The zero-order valence-corrected chi connectivity index (χ0v) is 17.5. The third-order valence-corrected chi connectivity index (χ3v) is 5.48. The highest BCUT2D eigenvalue weighted by Gasteiger charge is 2.29. The number of hydrogen-bond donors (Lipinski definition) is 2. The Balaban J connectivity index is 0.000000386. The topological polar surface area (TPSA) is 88.3 Å². The van der Waals surface area contributed by atoms with Crippen molar-refractivity contribution in [3.05, 3.63) is 84.1 Å². The minimum absolute atomic E-state index is 0.133. The van der Waals surface area contributed by atoms with Crippen LogP contribution in [0.25, 0.3) is 0 Å². The van der Waals surface area contributed by atoms with E-state index >= 15 is 0 Å². The van der Waals surface area contributed by atoms with Gasteiger partial charge in [0, 0.05) is 6.54 Å². The molecule has 1 amide bonds. The number of nitrogens with one attached hydrogen (secondary N) is 2. The van der Waals surface area contributed by atoms with Crippen LogP contribution in [-0.2, 0) is 12.7 Å². The fraction of sp³-hybridized carbons (Fsp3) is 0.211. The van der Waals surface area contributed by atoms with Gasteiger partial charge in [-0.05, 0) is 57.4 Å². The van der Waals surface area contributed by atoms with Gasteiger partial charge in [-0.1, -0.05) is 23.8 Å². The molecule has 0 unspecified atom stereocenters. The molecule has 2 N–H and O–H groups in total. The molecule has 0 aliphatic rings. The zero-order valence-electron chi connectivity index (χ0n) is 15.8. The summed E-state index contributed by atoms with van der Waals surface area (Å²) < 4.78 is 42.6. The lowest BCUT2D eigenvalue weighted by Gasteiger charge is -2.11. The van der Waals surface area contributed by atoms with Crippen LogP contribution in [-0.4, -0.2) is 18.0 Å². The van der Waals surface area contributed by atoms with Crippen LogP contribution in [0.2, 0.25) is 0 Å². The first-order chi connectivity index (χ1) is 14.1. The van der Waals surface area contributed by atoms with Gasteiger partial charge in [-0.3, -0.25) is 19.4 Å². The maximum Gasteiger partial charge on any atom is 0.416 e. The summed E-state index contributed by atoms with van der Waals surface area (Å²) in [5.41, 5.74) is 1.16. The fourth-order valence-corrected chi connectivity index (χ4v) is 3.48. The van der Waals surface area contributed by atoms with Gasteiger partial charge in [0.25, 0.3) is 5.91 Å². The van der Waals surface area contributed by atoms with E-state index in [0.717, 1.165) is 38.4 Å². The highest BCUT2D eigenvalue weighted by atomic mass is 32.9. The predicted octanol–water partition coefficient (Wildman–Crippen LogP) is 3.81. The third kappa shape index (κ3) is 6.85. The number of methoxy groups -OCH3 is 1. The molecule has 1 heterocycles. The van der Waals surface area contributed by atoms with E-state index in [4.69, 9.17) is 4.74 Å². The van der Waals surface area contributed by atoms with E-state index in [1.807, 2.05) is 13.0 Å². The van der Waals surface area contributed by atoms with Crippen LogP contribution >= 0.6 is 20.7 Å². The highest BCUT2D eigenvalue weighted by Crippen LogP contribution is 2.29. The predicted molar refractivity (Wildman–Crippen MR) is 109 cm³/mol. The number of aromatic nitrogens is 1. The van der Waals surface area contributed by atoms with Crippen LogP contribution < -0.4 is 19.8 Å². The molecule has 160 valence electrons. The summed E-state index contributed by atoms with van der Waals surface area (Å²) >= 11 is 0. The Morgan fingerprint density at radius 1 is 1.07 bits per heavy atom. The molecule has 0 saturated carbocycles. The van der Waals surface area contributed by atoms with Gasteiger partial charge in [-0.15, -0.1) is 0 Å². The molecule has 3 aromatic rings. The van der Waals surface area contributed by atoms with Crippen molar-refractivity contribution in [3.8, 4) is 5.75 Å². The molecule has 0 spiro atoms. The smallest absolute Gasteiger partial charge is 0.416 e. The number of rotatable bonds is 4. The number of alkyl halides is 3. The molecule has 11 heteroatoms. The van der Waals surface area contributed by atoms with E-state index < -0.39 is 11.7 Å². The molecule has 6 nitrogen and oxygen atoms in total.